The van der Waals surface area contributed by atoms with Crippen molar-refractivity contribution in [3.63, 3.8) is 0 Å². The van der Waals surface area contributed by atoms with E-state index in [1.165, 1.54) is 29.9 Å². The van der Waals surface area contributed by atoms with Crippen LogP contribution in [-0.4, -0.2) is 44.7 Å². The maximum Gasteiger partial charge on any atom is 0.658 e. The van der Waals surface area contributed by atoms with Gasteiger partial charge in [0.05, 0.1) is 0 Å². The van der Waals surface area contributed by atoms with Crippen molar-refractivity contribution in [3.05, 3.63) is 131 Å². The highest BCUT2D eigenvalue weighted by molar-refractivity contribution is 6.20. The van der Waals surface area contributed by atoms with E-state index in [1.54, 1.807) is 0 Å². The van der Waals surface area contributed by atoms with E-state index in [0.717, 1.165) is 50.5 Å². The number of nitrogens with zero attached hydrogens (tertiary/aromatic N) is 2. The molecule has 4 rings (SSSR count). The number of rotatable bonds is 14. The standard InChI is InChI=1S/C32H36BN2O2.ClH/c1-34(23-21-27-9-5-3-6-10-27)25-29-13-17-31(18-14-29)36-33-37-32-19-15-30(16-20-32)26-35(2)24-22-28-11-7-4-8-12-28;/h3-20H,21-26H2,1-2H3;1H. The number of hydrogen-bond acceptors (Lipinski definition) is 4. The molecule has 4 aromatic rings. The third kappa shape index (κ3) is 10.3. The van der Waals surface area contributed by atoms with E-state index in [0.29, 0.717) is 0 Å². The quantitative estimate of drug-likeness (QED) is 0.176. The summed E-state index contributed by atoms with van der Waals surface area (Å²) in [5, 5.41) is 0. The molecule has 1 radical (unpaired) electrons. The van der Waals surface area contributed by atoms with E-state index < -0.39 is 0 Å². The van der Waals surface area contributed by atoms with Gasteiger partial charge < -0.3 is 19.1 Å². The Morgan fingerprint density at radius 1 is 0.500 bits per heavy atom. The van der Waals surface area contributed by atoms with Crippen molar-refractivity contribution in [1.29, 1.82) is 0 Å². The minimum absolute atomic E-state index is 0. The molecule has 0 saturated carbocycles. The third-order valence-electron chi connectivity index (χ3n) is 6.37. The highest BCUT2D eigenvalue weighted by atomic mass is 35.5. The van der Waals surface area contributed by atoms with E-state index in [1.807, 2.05) is 24.3 Å². The average Bonchev–Trinajstić information content (AvgIpc) is 2.94. The van der Waals surface area contributed by atoms with Gasteiger partial charge in [-0.1, -0.05) is 84.9 Å². The van der Waals surface area contributed by atoms with Crippen LogP contribution in [0.3, 0.4) is 0 Å². The van der Waals surface area contributed by atoms with Gasteiger partial charge >= 0.3 is 7.69 Å². The Balaban J connectivity index is 0.00000400. The lowest BCUT2D eigenvalue weighted by molar-refractivity contribution is 0.331. The van der Waals surface area contributed by atoms with Crippen LogP contribution in [0.25, 0.3) is 0 Å². The van der Waals surface area contributed by atoms with E-state index in [4.69, 9.17) is 9.31 Å². The molecular formula is C32H37BClN2O2. The van der Waals surface area contributed by atoms with Gasteiger partial charge in [-0.3, -0.25) is 0 Å². The largest absolute Gasteiger partial charge is 0.658 e. The first-order chi connectivity index (χ1) is 18.1. The summed E-state index contributed by atoms with van der Waals surface area (Å²) >= 11 is 0. The summed E-state index contributed by atoms with van der Waals surface area (Å²) in [5.74, 6) is 1.51. The molecule has 0 N–H and O–H groups in total. The summed E-state index contributed by atoms with van der Waals surface area (Å²) in [7, 11) is 5.70. The van der Waals surface area contributed by atoms with Crippen LogP contribution in [0.4, 0.5) is 0 Å². The fourth-order valence-corrected chi connectivity index (χ4v) is 4.19. The molecule has 0 unspecified atom stereocenters. The van der Waals surface area contributed by atoms with E-state index in [9.17, 15) is 0 Å². The Hall–Kier alpha value is -3.25. The number of likely N-dealkylation sites (N-methyl/N-ethyl adjacent to an activating group) is 2. The zero-order chi connectivity index (χ0) is 25.7. The van der Waals surface area contributed by atoms with Crippen molar-refractivity contribution >= 4 is 20.1 Å². The predicted octanol–water partition coefficient (Wildman–Crippen LogP) is 6.45. The Morgan fingerprint density at radius 3 is 1.24 bits per heavy atom. The third-order valence-corrected chi connectivity index (χ3v) is 6.37. The average molecular weight is 528 g/mol. The van der Waals surface area contributed by atoms with Crippen LogP contribution in [0.15, 0.2) is 109 Å². The van der Waals surface area contributed by atoms with Gasteiger partial charge in [0.15, 0.2) is 0 Å². The minimum Gasteiger partial charge on any atom is -0.526 e. The van der Waals surface area contributed by atoms with Crippen LogP contribution in [0.2, 0.25) is 0 Å². The highest BCUT2D eigenvalue weighted by Crippen LogP contribution is 2.16. The van der Waals surface area contributed by atoms with Crippen molar-refractivity contribution in [2.24, 2.45) is 0 Å². The molecule has 6 heteroatoms. The molecule has 0 aromatic heterocycles. The van der Waals surface area contributed by atoms with Gasteiger partial charge in [-0.05, 0) is 73.5 Å². The summed E-state index contributed by atoms with van der Waals surface area (Å²) in [6, 6.07) is 37.6. The van der Waals surface area contributed by atoms with E-state index >= 15 is 0 Å². The Labute approximate surface area is 234 Å². The molecule has 0 spiro atoms. The lowest BCUT2D eigenvalue weighted by atomic mass is 10.1. The van der Waals surface area contributed by atoms with Crippen molar-refractivity contribution < 1.29 is 9.31 Å². The van der Waals surface area contributed by atoms with E-state index in [2.05, 4.69) is 109 Å². The van der Waals surface area contributed by atoms with Crippen molar-refractivity contribution in [2.75, 3.05) is 27.2 Å². The summed E-state index contributed by atoms with van der Waals surface area (Å²) < 4.78 is 11.3. The van der Waals surface area contributed by atoms with Gasteiger partial charge in [0.2, 0.25) is 0 Å². The van der Waals surface area contributed by atoms with Crippen LogP contribution in [0.5, 0.6) is 11.5 Å². The SMILES string of the molecule is CN(CCc1ccccc1)Cc1ccc(O[B]Oc2ccc(CN(C)CCc3ccccc3)cc2)cc1.Cl. The van der Waals surface area contributed by atoms with Gasteiger partial charge in [-0.15, -0.1) is 12.4 Å². The molecule has 0 saturated heterocycles. The van der Waals surface area contributed by atoms with Gasteiger partial charge in [0.25, 0.3) is 0 Å². The van der Waals surface area contributed by atoms with Crippen molar-refractivity contribution in [1.82, 2.24) is 9.80 Å². The van der Waals surface area contributed by atoms with E-state index in [-0.39, 0.29) is 12.4 Å². The lowest BCUT2D eigenvalue weighted by Gasteiger charge is -2.17. The molecule has 0 bridgehead atoms. The van der Waals surface area contributed by atoms with Gasteiger partial charge in [0.1, 0.15) is 11.5 Å². The fourth-order valence-electron chi connectivity index (χ4n) is 4.19. The summed E-state index contributed by atoms with van der Waals surface area (Å²) in [6.45, 7) is 3.85. The van der Waals surface area contributed by atoms with Crippen LogP contribution in [0, 0.1) is 0 Å². The molecule has 0 atom stereocenters. The second kappa shape index (κ2) is 15.9. The molecule has 38 heavy (non-hydrogen) atoms. The molecule has 0 aliphatic heterocycles. The number of halogens is 1. The maximum absolute atomic E-state index is 5.67. The molecule has 0 aliphatic rings. The molecule has 197 valence electrons. The molecule has 0 amide bonds. The summed E-state index contributed by atoms with van der Waals surface area (Å²) in [4.78, 5) is 4.67. The summed E-state index contributed by atoms with van der Waals surface area (Å²) in [6.07, 6.45) is 2.10. The summed E-state index contributed by atoms with van der Waals surface area (Å²) in [5.41, 5.74) is 5.25. The van der Waals surface area contributed by atoms with Gasteiger partial charge in [-0.25, -0.2) is 0 Å². The molecule has 0 heterocycles. The number of hydrogen-bond donors (Lipinski definition) is 0. The number of benzene rings is 4. The van der Waals surface area contributed by atoms with Crippen LogP contribution in [0.1, 0.15) is 22.3 Å². The predicted molar refractivity (Wildman–Crippen MR) is 160 cm³/mol. The topological polar surface area (TPSA) is 24.9 Å². The molecule has 4 nitrogen and oxygen atoms in total. The second-order valence-electron chi connectivity index (χ2n) is 9.57. The first-order valence-corrected chi connectivity index (χ1v) is 12.9. The Bertz CT molecular complexity index is 1080. The maximum atomic E-state index is 5.67. The van der Waals surface area contributed by atoms with Crippen molar-refractivity contribution in [2.45, 2.75) is 25.9 Å². The monoisotopic (exact) mass is 527 g/mol. The van der Waals surface area contributed by atoms with Gasteiger partial charge in [0, 0.05) is 26.2 Å². The zero-order valence-electron chi connectivity index (χ0n) is 22.3. The van der Waals surface area contributed by atoms with Crippen LogP contribution < -0.4 is 9.31 Å². The minimum atomic E-state index is 0. The zero-order valence-corrected chi connectivity index (χ0v) is 23.1. The highest BCUT2D eigenvalue weighted by Gasteiger charge is 2.06. The van der Waals surface area contributed by atoms with Crippen LogP contribution >= 0.6 is 12.4 Å². The smallest absolute Gasteiger partial charge is 0.526 e. The Kier molecular flexibility index (Phi) is 12.2. The van der Waals surface area contributed by atoms with Gasteiger partial charge in [-0.2, -0.15) is 0 Å². The first kappa shape index (κ1) is 29.3. The lowest BCUT2D eigenvalue weighted by Crippen LogP contribution is -2.20. The fraction of sp³-hybridized carbons (Fsp3) is 0.250. The molecule has 0 aliphatic carbocycles. The van der Waals surface area contributed by atoms with Crippen LogP contribution in [-0.2, 0) is 25.9 Å². The second-order valence-corrected chi connectivity index (χ2v) is 9.57. The molecule has 0 fully saturated rings. The normalized spacial score (nSPS) is 10.7. The molecule has 4 aromatic carbocycles. The van der Waals surface area contributed by atoms with Crippen molar-refractivity contribution in [3.8, 4) is 11.5 Å². The molecular weight excluding hydrogens is 491 g/mol. The first-order valence-electron chi connectivity index (χ1n) is 12.9. The Morgan fingerprint density at radius 2 is 0.868 bits per heavy atom.